The van der Waals surface area contributed by atoms with Crippen LogP contribution in [-0.2, 0) is 6.61 Å². The van der Waals surface area contributed by atoms with Crippen molar-refractivity contribution in [2.75, 3.05) is 7.11 Å². The van der Waals surface area contributed by atoms with Crippen molar-refractivity contribution >= 4 is 34.7 Å². The standard InChI is InChI=1S/C22H18FIN2O3/c1-28-21-12-16(8-11-20(21)24)22(27)26-25-13-15-6-9-18(10-7-15)29-14-17-4-2-3-5-19(17)23/h2-13H,14H2,1H3,(H,26,27)/b25-13-. The fourth-order valence-electron chi connectivity index (χ4n) is 2.46. The fraction of sp³-hybridized carbons (Fsp3) is 0.0909. The molecule has 0 heterocycles. The second kappa shape index (κ2) is 10.0. The molecule has 0 atom stereocenters. The van der Waals surface area contributed by atoms with Gasteiger partial charge in [-0.15, -0.1) is 0 Å². The Bertz CT molecular complexity index is 1020. The average Bonchev–Trinajstić information content (AvgIpc) is 2.74. The number of hydrazone groups is 1. The summed E-state index contributed by atoms with van der Waals surface area (Å²) in [6.45, 7) is 0.148. The van der Waals surface area contributed by atoms with Crippen LogP contribution in [0.5, 0.6) is 11.5 Å². The van der Waals surface area contributed by atoms with E-state index in [9.17, 15) is 9.18 Å². The van der Waals surface area contributed by atoms with E-state index >= 15 is 0 Å². The van der Waals surface area contributed by atoms with Gasteiger partial charge in [-0.1, -0.05) is 18.2 Å². The van der Waals surface area contributed by atoms with Gasteiger partial charge in [0.05, 0.1) is 16.9 Å². The van der Waals surface area contributed by atoms with Crippen LogP contribution in [0.15, 0.2) is 71.8 Å². The summed E-state index contributed by atoms with van der Waals surface area (Å²) in [6.07, 6.45) is 1.53. The number of benzene rings is 3. The van der Waals surface area contributed by atoms with Crippen molar-refractivity contribution in [3.8, 4) is 11.5 Å². The molecule has 0 unspecified atom stereocenters. The van der Waals surface area contributed by atoms with Gasteiger partial charge in [0.15, 0.2) is 0 Å². The summed E-state index contributed by atoms with van der Waals surface area (Å²) in [4.78, 5) is 12.2. The molecule has 0 aliphatic heterocycles. The van der Waals surface area contributed by atoms with Gasteiger partial charge in [-0.05, 0) is 76.7 Å². The van der Waals surface area contributed by atoms with Crippen molar-refractivity contribution in [3.05, 3.63) is 92.8 Å². The molecule has 0 bridgehead atoms. The summed E-state index contributed by atoms with van der Waals surface area (Å²) in [7, 11) is 1.56. The SMILES string of the molecule is COc1cc(C(=O)N/N=C\c2ccc(OCc3ccccc3F)cc2)ccc1I. The van der Waals surface area contributed by atoms with Gasteiger partial charge in [0, 0.05) is 11.1 Å². The van der Waals surface area contributed by atoms with Crippen LogP contribution in [0.2, 0.25) is 0 Å². The monoisotopic (exact) mass is 504 g/mol. The van der Waals surface area contributed by atoms with Gasteiger partial charge in [0.2, 0.25) is 0 Å². The lowest BCUT2D eigenvalue weighted by molar-refractivity contribution is 0.0954. The molecule has 0 saturated carbocycles. The molecule has 3 rings (SSSR count). The minimum absolute atomic E-state index is 0.148. The highest BCUT2D eigenvalue weighted by molar-refractivity contribution is 14.1. The normalized spacial score (nSPS) is 10.7. The highest BCUT2D eigenvalue weighted by Gasteiger charge is 2.08. The Hall–Kier alpha value is -2.94. The summed E-state index contributed by atoms with van der Waals surface area (Å²) < 4.78 is 25.3. The first-order valence-electron chi connectivity index (χ1n) is 8.70. The predicted molar refractivity (Wildman–Crippen MR) is 118 cm³/mol. The smallest absolute Gasteiger partial charge is 0.271 e. The van der Waals surface area contributed by atoms with Gasteiger partial charge >= 0.3 is 0 Å². The van der Waals surface area contributed by atoms with E-state index in [4.69, 9.17) is 9.47 Å². The van der Waals surface area contributed by atoms with E-state index in [1.807, 2.05) is 0 Å². The van der Waals surface area contributed by atoms with Gasteiger partial charge in [-0.2, -0.15) is 5.10 Å². The van der Waals surface area contributed by atoms with Crippen molar-refractivity contribution in [1.82, 2.24) is 5.43 Å². The zero-order valence-corrected chi connectivity index (χ0v) is 17.7. The molecule has 148 valence electrons. The fourth-order valence-corrected chi connectivity index (χ4v) is 3.01. The first-order valence-corrected chi connectivity index (χ1v) is 9.78. The zero-order valence-electron chi connectivity index (χ0n) is 15.6. The van der Waals surface area contributed by atoms with Gasteiger partial charge in [-0.3, -0.25) is 4.79 Å². The number of carbonyl (C=O) groups is 1. The number of rotatable bonds is 7. The van der Waals surface area contributed by atoms with Crippen LogP contribution in [0.1, 0.15) is 21.5 Å². The molecule has 0 aliphatic rings. The number of methoxy groups -OCH3 is 1. The number of halogens is 2. The number of carbonyl (C=O) groups excluding carboxylic acids is 1. The molecule has 0 saturated heterocycles. The van der Waals surface area contributed by atoms with E-state index in [0.717, 1.165) is 9.13 Å². The number of hydrogen-bond acceptors (Lipinski definition) is 4. The van der Waals surface area contributed by atoms with E-state index in [1.165, 1.54) is 12.3 Å². The second-order valence-corrected chi connectivity index (χ2v) is 7.16. The Morgan fingerprint density at radius 3 is 2.62 bits per heavy atom. The largest absolute Gasteiger partial charge is 0.496 e. The third-order valence-corrected chi connectivity index (χ3v) is 4.92. The lowest BCUT2D eigenvalue weighted by Gasteiger charge is -2.07. The molecule has 1 N–H and O–H groups in total. The molecule has 7 heteroatoms. The molecular weight excluding hydrogens is 486 g/mol. The van der Waals surface area contributed by atoms with E-state index in [0.29, 0.717) is 22.6 Å². The van der Waals surface area contributed by atoms with Crippen molar-refractivity contribution in [1.29, 1.82) is 0 Å². The first kappa shape index (κ1) is 20.8. The number of amides is 1. The lowest BCUT2D eigenvalue weighted by Crippen LogP contribution is -2.17. The summed E-state index contributed by atoms with van der Waals surface area (Å²) in [6, 6.07) is 18.8. The number of nitrogens with one attached hydrogen (secondary N) is 1. The Morgan fingerprint density at radius 1 is 1.14 bits per heavy atom. The quantitative estimate of drug-likeness (QED) is 0.286. The maximum absolute atomic E-state index is 13.6. The van der Waals surface area contributed by atoms with Crippen LogP contribution in [0, 0.1) is 9.39 Å². The molecule has 0 aliphatic carbocycles. The van der Waals surface area contributed by atoms with E-state index in [-0.39, 0.29) is 18.3 Å². The van der Waals surface area contributed by atoms with Crippen LogP contribution in [0.25, 0.3) is 0 Å². The predicted octanol–water partition coefficient (Wildman–Crippen LogP) is 4.78. The van der Waals surface area contributed by atoms with Crippen molar-refractivity contribution in [2.45, 2.75) is 6.61 Å². The first-order chi connectivity index (χ1) is 14.1. The van der Waals surface area contributed by atoms with Crippen LogP contribution < -0.4 is 14.9 Å². The van der Waals surface area contributed by atoms with Crippen LogP contribution >= 0.6 is 22.6 Å². The molecule has 0 fully saturated rings. The Kier molecular flexibility index (Phi) is 7.18. The van der Waals surface area contributed by atoms with Gasteiger partial charge in [0.25, 0.3) is 5.91 Å². The molecule has 1 amide bonds. The molecule has 0 spiro atoms. The number of nitrogens with zero attached hydrogens (tertiary/aromatic N) is 1. The van der Waals surface area contributed by atoms with Gasteiger partial charge in [-0.25, -0.2) is 9.82 Å². The van der Waals surface area contributed by atoms with Crippen LogP contribution in [-0.4, -0.2) is 19.2 Å². The number of ether oxygens (including phenoxy) is 2. The maximum Gasteiger partial charge on any atom is 0.271 e. The molecule has 3 aromatic rings. The maximum atomic E-state index is 13.6. The Labute approximate surface area is 181 Å². The van der Waals surface area contributed by atoms with Gasteiger partial charge < -0.3 is 9.47 Å². The third-order valence-electron chi connectivity index (χ3n) is 4.03. The third kappa shape index (κ3) is 5.77. The highest BCUT2D eigenvalue weighted by Crippen LogP contribution is 2.21. The van der Waals surface area contributed by atoms with Crippen LogP contribution in [0.3, 0.4) is 0 Å². The lowest BCUT2D eigenvalue weighted by atomic mass is 10.2. The Morgan fingerprint density at radius 2 is 1.90 bits per heavy atom. The van der Waals surface area contributed by atoms with Gasteiger partial charge in [0.1, 0.15) is 23.9 Å². The van der Waals surface area contributed by atoms with Crippen LogP contribution in [0.4, 0.5) is 4.39 Å². The van der Waals surface area contributed by atoms with E-state index in [2.05, 4.69) is 33.1 Å². The van der Waals surface area contributed by atoms with Crippen molar-refractivity contribution in [2.24, 2.45) is 5.10 Å². The van der Waals surface area contributed by atoms with Crippen molar-refractivity contribution < 1.29 is 18.7 Å². The molecule has 29 heavy (non-hydrogen) atoms. The van der Waals surface area contributed by atoms with Crippen molar-refractivity contribution in [3.63, 3.8) is 0 Å². The summed E-state index contributed by atoms with van der Waals surface area (Å²) in [5.41, 5.74) is 4.22. The summed E-state index contributed by atoms with van der Waals surface area (Å²) >= 11 is 2.13. The molecular formula is C22H18FIN2O3. The molecule has 0 radical (unpaired) electrons. The molecule has 3 aromatic carbocycles. The molecule has 5 nitrogen and oxygen atoms in total. The minimum Gasteiger partial charge on any atom is -0.496 e. The average molecular weight is 504 g/mol. The van der Waals surface area contributed by atoms with E-state index < -0.39 is 0 Å². The zero-order chi connectivity index (χ0) is 20.6. The number of hydrogen-bond donors (Lipinski definition) is 1. The molecule has 0 aromatic heterocycles. The Balaban J connectivity index is 1.54. The highest BCUT2D eigenvalue weighted by atomic mass is 127. The minimum atomic E-state index is -0.333. The topological polar surface area (TPSA) is 59.9 Å². The summed E-state index contributed by atoms with van der Waals surface area (Å²) in [5.74, 6) is 0.618. The second-order valence-electron chi connectivity index (χ2n) is 6.00. The van der Waals surface area contributed by atoms with E-state index in [1.54, 1.807) is 67.8 Å². The summed E-state index contributed by atoms with van der Waals surface area (Å²) in [5, 5.41) is 3.97.